The Labute approximate surface area is 122 Å². The van der Waals surface area contributed by atoms with Gasteiger partial charge in [-0.1, -0.05) is 6.07 Å². The van der Waals surface area contributed by atoms with Crippen LogP contribution in [0.2, 0.25) is 0 Å². The molecule has 0 unspecified atom stereocenters. The predicted octanol–water partition coefficient (Wildman–Crippen LogP) is 3.30. The predicted molar refractivity (Wildman–Crippen MR) is 79.8 cm³/mol. The van der Waals surface area contributed by atoms with Gasteiger partial charge >= 0.3 is 0 Å². The van der Waals surface area contributed by atoms with Gasteiger partial charge in [-0.15, -0.1) is 0 Å². The lowest BCUT2D eigenvalue weighted by atomic mass is 10.1. The van der Waals surface area contributed by atoms with Crippen molar-refractivity contribution in [2.45, 2.75) is 6.92 Å². The van der Waals surface area contributed by atoms with Crippen molar-refractivity contribution in [2.75, 3.05) is 17.7 Å². The number of nitrogens with one attached hydrogen (secondary N) is 2. The summed E-state index contributed by atoms with van der Waals surface area (Å²) in [6.07, 6.45) is 0. The van der Waals surface area contributed by atoms with Gasteiger partial charge in [0.05, 0.1) is 22.9 Å². The number of halogens is 1. The van der Waals surface area contributed by atoms with Gasteiger partial charge in [-0.05, 0) is 42.8 Å². The van der Waals surface area contributed by atoms with Gasteiger partial charge in [0.2, 0.25) is 0 Å². The zero-order chi connectivity index (χ0) is 15.4. The molecule has 2 rings (SSSR count). The van der Waals surface area contributed by atoms with Crippen LogP contribution in [0.25, 0.3) is 0 Å². The fourth-order valence-corrected chi connectivity index (χ4v) is 1.94. The van der Waals surface area contributed by atoms with Gasteiger partial charge in [-0.2, -0.15) is 5.26 Å². The Hall–Kier alpha value is -2.87. The minimum atomic E-state index is -0.638. The minimum Gasteiger partial charge on any atom is -0.387 e. The molecule has 106 valence electrons. The number of hydrogen-bond donors (Lipinski definition) is 2. The summed E-state index contributed by atoms with van der Waals surface area (Å²) in [7, 11) is 1.72. The van der Waals surface area contributed by atoms with Gasteiger partial charge in [-0.3, -0.25) is 4.79 Å². The molecule has 21 heavy (non-hydrogen) atoms. The molecule has 0 radical (unpaired) electrons. The molecule has 0 spiro atoms. The van der Waals surface area contributed by atoms with E-state index in [2.05, 4.69) is 10.6 Å². The average Bonchev–Trinajstić information content (AvgIpc) is 2.48. The molecule has 5 heteroatoms. The van der Waals surface area contributed by atoms with E-state index in [1.807, 2.05) is 25.1 Å². The van der Waals surface area contributed by atoms with Crippen LogP contribution in [0.4, 0.5) is 15.8 Å². The van der Waals surface area contributed by atoms with E-state index >= 15 is 0 Å². The third-order valence-electron chi connectivity index (χ3n) is 3.04. The van der Waals surface area contributed by atoms with Crippen LogP contribution in [0.5, 0.6) is 0 Å². The van der Waals surface area contributed by atoms with Crippen LogP contribution in [0.1, 0.15) is 21.5 Å². The van der Waals surface area contributed by atoms with Crippen molar-refractivity contribution in [1.82, 2.24) is 0 Å². The van der Waals surface area contributed by atoms with E-state index in [-0.39, 0.29) is 11.3 Å². The molecule has 0 heterocycles. The summed E-state index contributed by atoms with van der Waals surface area (Å²) >= 11 is 0. The van der Waals surface area contributed by atoms with Crippen molar-refractivity contribution in [3.63, 3.8) is 0 Å². The summed E-state index contributed by atoms with van der Waals surface area (Å²) in [6, 6.07) is 11.1. The summed E-state index contributed by atoms with van der Waals surface area (Å²) in [5.74, 6) is -1.05. The molecular weight excluding hydrogens is 269 g/mol. The van der Waals surface area contributed by atoms with E-state index in [9.17, 15) is 9.18 Å². The van der Waals surface area contributed by atoms with Gasteiger partial charge in [0.25, 0.3) is 5.91 Å². The van der Waals surface area contributed by atoms with Crippen molar-refractivity contribution < 1.29 is 9.18 Å². The zero-order valence-electron chi connectivity index (χ0n) is 11.7. The largest absolute Gasteiger partial charge is 0.387 e. The van der Waals surface area contributed by atoms with Gasteiger partial charge in [-0.25, -0.2) is 4.39 Å². The van der Waals surface area contributed by atoms with Crippen LogP contribution >= 0.6 is 0 Å². The number of carbonyl (C=O) groups excluding carboxylic acids is 1. The summed E-state index contributed by atoms with van der Waals surface area (Å²) in [5, 5.41) is 14.1. The highest BCUT2D eigenvalue weighted by molar-refractivity contribution is 6.08. The van der Waals surface area contributed by atoms with Gasteiger partial charge in [0.15, 0.2) is 0 Å². The Kier molecular flexibility index (Phi) is 4.19. The Morgan fingerprint density at radius 2 is 1.95 bits per heavy atom. The molecular formula is C16H14FN3O. The standard InChI is InChI=1S/C16H14FN3O/c1-10-3-5-12(15(7-10)19-2)16(21)20-14-6-4-11(9-18)8-13(14)17/h3-8,19H,1-2H3,(H,20,21). The van der Waals surface area contributed by atoms with Gasteiger partial charge in [0, 0.05) is 12.7 Å². The fourth-order valence-electron chi connectivity index (χ4n) is 1.94. The van der Waals surface area contributed by atoms with Crippen LogP contribution < -0.4 is 10.6 Å². The molecule has 4 nitrogen and oxygen atoms in total. The van der Waals surface area contributed by atoms with Crippen LogP contribution in [0, 0.1) is 24.1 Å². The maximum Gasteiger partial charge on any atom is 0.257 e. The number of aryl methyl sites for hydroxylation is 1. The first kappa shape index (κ1) is 14.5. The zero-order valence-corrected chi connectivity index (χ0v) is 11.7. The fraction of sp³-hybridized carbons (Fsp3) is 0.125. The van der Waals surface area contributed by atoms with Crippen molar-refractivity contribution in [2.24, 2.45) is 0 Å². The normalized spacial score (nSPS) is 9.81. The third-order valence-corrected chi connectivity index (χ3v) is 3.04. The van der Waals surface area contributed by atoms with E-state index in [0.29, 0.717) is 11.3 Å². The van der Waals surface area contributed by atoms with E-state index in [1.54, 1.807) is 13.1 Å². The van der Waals surface area contributed by atoms with Crippen molar-refractivity contribution in [3.05, 3.63) is 58.9 Å². The second kappa shape index (κ2) is 6.06. The topological polar surface area (TPSA) is 64.9 Å². The van der Waals surface area contributed by atoms with Gasteiger partial charge in [0.1, 0.15) is 5.82 Å². The molecule has 0 aromatic heterocycles. The van der Waals surface area contributed by atoms with E-state index in [1.165, 1.54) is 12.1 Å². The quantitative estimate of drug-likeness (QED) is 0.908. The maximum atomic E-state index is 13.8. The first-order valence-electron chi connectivity index (χ1n) is 6.34. The lowest BCUT2D eigenvalue weighted by Crippen LogP contribution is -2.15. The molecule has 0 saturated heterocycles. The Morgan fingerprint density at radius 3 is 2.57 bits per heavy atom. The molecule has 0 aliphatic heterocycles. The highest BCUT2D eigenvalue weighted by Crippen LogP contribution is 2.21. The van der Waals surface area contributed by atoms with E-state index in [0.717, 1.165) is 11.6 Å². The Balaban J connectivity index is 2.28. The van der Waals surface area contributed by atoms with Crippen molar-refractivity contribution in [3.8, 4) is 6.07 Å². The van der Waals surface area contributed by atoms with Crippen molar-refractivity contribution >= 4 is 17.3 Å². The third kappa shape index (κ3) is 3.18. The summed E-state index contributed by atoms with van der Waals surface area (Å²) in [4.78, 5) is 12.2. The number of anilines is 2. The number of nitrogens with zero attached hydrogens (tertiary/aromatic N) is 1. The lowest BCUT2D eigenvalue weighted by Gasteiger charge is -2.11. The molecule has 2 aromatic carbocycles. The van der Waals surface area contributed by atoms with E-state index < -0.39 is 11.7 Å². The smallest absolute Gasteiger partial charge is 0.257 e. The minimum absolute atomic E-state index is 0.0432. The number of nitriles is 1. The Bertz CT molecular complexity index is 735. The Morgan fingerprint density at radius 1 is 1.19 bits per heavy atom. The van der Waals surface area contributed by atoms with Crippen molar-refractivity contribution in [1.29, 1.82) is 5.26 Å². The van der Waals surface area contributed by atoms with Crippen LogP contribution in [-0.4, -0.2) is 13.0 Å². The molecule has 0 fully saturated rings. The molecule has 0 aliphatic rings. The van der Waals surface area contributed by atoms with Crippen LogP contribution in [-0.2, 0) is 0 Å². The summed E-state index contributed by atoms with van der Waals surface area (Å²) in [5.41, 5.74) is 2.35. The molecule has 1 amide bonds. The lowest BCUT2D eigenvalue weighted by molar-refractivity contribution is 0.102. The first-order valence-corrected chi connectivity index (χ1v) is 6.34. The number of carbonyl (C=O) groups is 1. The van der Waals surface area contributed by atoms with Gasteiger partial charge < -0.3 is 10.6 Å². The highest BCUT2D eigenvalue weighted by atomic mass is 19.1. The van der Waals surface area contributed by atoms with Crippen LogP contribution in [0.15, 0.2) is 36.4 Å². The first-order chi connectivity index (χ1) is 10.0. The molecule has 0 saturated carbocycles. The monoisotopic (exact) mass is 283 g/mol. The molecule has 0 bridgehead atoms. The number of rotatable bonds is 3. The second-order valence-electron chi connectivity index (χ2n) is 4.56. The highest BCUT2D eigenvalue weighted by Gasteiger charge is 2.13. The number of hydrogen-bond acceptors (Lipinski definition) is 3. The van der Waals surface area contributed by atoms with Crippen LogP contribution in [0.3, 0.4) is 0 Å². The molecule has 2 N–H and O–H groups in total. The average molecular weight is 283 g/mol. The number of benzene rings is 2. The second-order valence-corrected chi connectivity index (χ2v) is 4.56. The molecule has 0 aliphatic carbocycles. The summed E-state index contributed by atoms with van der Waals surface area (Å²) in [6.45, 7) is 1.92. The maximum absolute atomic E-state index is 13.8. The van der Waals surface area contributed by atoms with E-state index in [4.69, 9.17) is 5.26 Å². The molecule has 2 aromatic rings. The molecule has 0 atom stereocenters. The summed E-state index contributed by atoms with van der Waals surface area (Å²) < 4.78 is 13.8. The SMILES string of the molecule is CNc1cc(C)ccc1C(=O)Nc1ccc(C#N)cc1F. The number of amides is 1.